The van der Waals surface area contributed by atoms with Gasteiger partial charge in [-0.25, -0.2) is 9.78 Å². The van der Waals surface area contributed by atoms with Crippen LogP contribution in [-0.4, -0.2) is 48.1 Å². The van der Waals surface area contributed by atoms with Crippen LogP contribution in [0.1, 0.15) is 50.2 Å². The molecule has 4 rings (SSSR count). The van der Waals surface area contributed by atoms with Crippen LogP contribution in [0.25, 0.3) is 0 Å². The van der Waals surface area contributed by atoms with Gasteiger partial charge in [0, 0.05) is 0 Å². The molecule has 0 saturated carbocycles. The fourth-order valence-corrected chi connectivity index (χ4v) is 5.05. The number of rotatable bonds is 10. The number of ether oxygens (including phenoxy) is 3. The van der Waals surface area contributed by atoms with E-state index in [1.165, 1.54) is 18.1 Å². The van der Waals surface area contributed by atoms with E-state index in [9.17, 15) is 19.5 Å². The van der Waals surface area contributed by atoms with Gasteiger partial charge in [0.15, 0.2) is 28.1 Å². The molecule has 0 radical (unpaired) electrons. The summed E-state index contributed by atoms with van der Waals surface area (Å²) in [6, 6.07) is 6.92. The van der Waals surface area contributed by atoms with Crippen molar-refractivity contribution in [2.75, 3.05) is 25.2 Å². The molecule has 1 N–H and O–H groups in total. The number of Topliss-reactive ketones (excluding diaryl/α,β-unsaturated/α-hetero) is 1. The number of hydrogen-bond donors (Lipinski definition) is 1. The van der Waals surface area contributed by atoms with Crippen molar-refractivity contribution in [3.05, 3.63) is 82.0 Å². The molecule has 11 heteroatoms. The van der Waals surface area contributed by atoms with E-state index >= 15 is 0 Å². The van der Waals surface area contributed by atoms with Crippen LogP contribution in [0.2, 0.25) is 0 Å². The highest BCUT2D eigenvalue weighted by atomic mass is 32.1. The minimum atomic E-state index is -1.11. The molecule has 3 aromatic rings. The third kappa shape index (κ3) is 4.80. The molecule has 0 fully saturated rings. The van der Waals surface area contributed by atoms with Gasteiger partial charge in [-0.15, -0.1) is 0 Å². The Morgan fingerprint density at radius 1 is 1.21 bits per heavy atom. The monoisotopic (exact) mass is 538 g/mol. The zero-order valence-electron chi connectivity index (χ0n) is 21.3. The minimum absolute atomic E-state index is 0.0368. The zero-order chi connectivity index (χ0) is 27.6. The number of aliphatic hydroxyl groups excluding tert-OH is 1. The smallest absolute Gasteiger partial charge is 0.350 e. The fraction of sp³-hybridized carbons (Fsp3) is 0.259. The van der Waals surface area contributed by atoms with Gasteiger partial charge in [0.25, 0.3) is 5.91 Å². The van der Waals surface area contributed by atoms with Crippen LogP contribution in [0.4, 0.5) is 5.13 Å². The molecular weight excluding hydrogens is 512 g/mol. The summed E-state index contributed by atoms with van der Waals surface area (Å²) in [6.07, 6.45) is 1.59. The van der Waals surface area contributed by atoms with Gasteiger partial charge in [0.1, 0.15) is 17.2 Å². The number of ketones is 1. The number of carbonyl (C=O) groups is 3. The van der Waals surface area contributed by atoms with Crippen LogP contribution in [0.3, 0.4) is 0 Å². The Bertz CT molecular complexity index is 1450. The molecule has 1 aliphatic rings. The Morgan fingerprint density at radius 2 is 1.97 bits per heavy atom. The van der Waals surface area contributed by atoms with E-state index in [0.717, 1.165) is 11.3 Å². The average molecular weight is 539 g/mol. The van der Waals surface area contributed by atoms with Gasteiger partial charge in [-0.1, -0.05) is 30.1 Å². The Morgan fingerprint density at radius 3 is 2.61 bits per heavy atom. The van der Waals surface area contributed by atoms with Crippen molar-refractivity contribution < 1.29 is 38.1 Å². The number of aliphatic hydroxyl groups is 1. The number of methoxy groups -OCH3 is 1. The summed E-state index contributed by atoms with van der Waals surface area (Å²) in [4.78, 5) is 45.0. The second-order valence-corrected chi connectivity index (χ2v) is 9.20. The molecule has 1 atom stereocenters. The molecule has 1 aliphatic heterocycles. The topological polar surface area (TPSA) is 128 Å². The molecule has 0 spiro atoms. The van der Waals surface area contributed by atoms with Crippen LogP contribution in [0, 0.1) is 13.8 Å². The molecule has 198 valence electrons. The van der Waals surface area contributed by atoms with Gasteiger partial charge < -0.3 is 23.7 Å². The standard InChI is InChI=1S/C27H26N2O8S/c1-6-12-36-17-11-9-16(13-19(17)35-7-2)21-20(22(30)18-10-8-14(3)37-18)23(31)25(32)29(21)27-28-15(4)24(38-27)26(33)34-5/h6,8-11,13,21,31H,1,7,12H2,2-5H3. The summed E-state index contributed by atoms with van der Waals surface area (Å²) in [7, 11) is 1.24. The van der Waals surface area contributed by atoms with Crippen molar-refractivity contribution in [1.82, 2.24) is 4.98 Å². The number of anilines is 1. The number of benzene rings is 1. The van der Waals surface area contributed by atoms with Gasteiger partial charge >= 0.3 is 5.97 Å². The Kier molecular flexibility index (Phi) is 7.67. The number of aryl methyl sites for hydroxylation is 2. The highest BCUT2D eigenvalue weighted by molar-refractivity contribution is 7.17. The first-order chi connectivity index (χ1) is 18.2. The van der Waals surface area contributed by atoms with Crippen LogP contribution < -0.4 is 14.4 Å². The number of aromatic nitrogens is 1. The number of thiazole rings is 1. The Labute approximate surface area is 222 Å². The summed E-state index contributed by atoms with van der Waals surface area (Å²) < 4.78 is 21.8. The first-order valence-electron chi connectivity index (χ1n) is 11.7. The van der Waals surface area contributed by atoms with Crippen LogP contribution in [-0.2, 0) is 9.53 Å². The van der Waals surface area contributed by atoms with Gasteiger partial charge in [0.2, 0.25) is 5.78 Å². The molecule has 0 saturated heterocycles. The van der Waals surface area contributed by atoms with Crippen molar-refractivity contribution in [2.45, 2.75) is 26.8 Å². The largest absolute Gasteiger partial charge is 0.503 e. The lowest BCUT2D eigenvalue weighted by Crippen LogP contribution is -2.31. The molecule has 2 aromatic heterocycles. The van der Waals surface area contributed by atoms with E-state index in [0.29, 0.717) is 35.1 Å². The van der Waals surface area contributed by atoms with Crippen molar-refractivity contribution in [3.63, 3.8) is 0 Å². The molecule has 10 nitrogen and oxygen atoms in total. The van der Waals surface area contributed by atoms with Gasteiger partial charge in [0.05, 0.1) is 31.0 Å². The number of carbonyl (C=O) groups excluding carboxylic acids is 3. The normalized spacial score (nSPS) is 15.1. The predicted octanol–water partition coefficient (Wildman–Crippen LogP) is 4.89. The highest BCUT2D eigenvalue weighted by Gasteiger charge is 2.47. The van der Waals surface area contributed by atoms with Gasteiger partial charge in [-0.05, 0) is 50.6 Å². The average Bonchev–Trinajstić information content (AvgIpc) is 3.58. The first-order valence-corrected chi connectivity index (χ1v) is 12.5. The number of nitrogens with zero attached hydrogens (tertiary/aromatic N) is 2. The van der Waals surface area contributed by atoms with E-state index in [-0.39, 0.29) is 27.9 Å². The third-order valence-electron chi connectivity index (χ3n) is 5.72. The fourth-order valence-electron chi connectivity index (χ4n) is 4.04. The van der Waals surface area contributed by atoms with Crippen molar-refractivity contribution in [3.8, 4) is 11.5 Å². The summed E-state index contributed by atoms with van der Waals surface area (Å²) in [5.41, 5.74) is 0.586. The molecule has 3 heterocycles. The number of furan rings is 1. The van der Waals surface area contributed by atoms with Crippen molar-refractivity contribution >= 4 is 34.1 Å². The number of esters is 1. The summed E-state index contributed by atoms with van der Waals surface area (Å²) >= 11 is 0.916. The van der Waals surface area contributed by atoms with Crippen LogP contribution in [0.5, 0.6) is 11.5 Å². The predicted molar refractivity (Wildman–Crippen MR) is 139 cm³/mol. The summed E-state index contributed by atoms with van der Waals surface area (Å²) in [5.74, 6) is -1.61. The van der Waals surface area contributed by atoms with E-state index in [1.54, 1.807) is 44.2 Å². The molecular formula is C27H26N2O8S. The Balaban J connectivity index is 1.89. The van der Waals surface area contributed by atoms with E-state index < -0.39 is 29.5 Å². The maximum atomic E-state index is 13.6. The SMILES string of the molecule is C=CCOc1ccc(C2C(C(=O)c3ccc(C)o3)=C(O)C(=O)N2c2nc(C)c(C(=O)OC)s2)cc1OCC. The van der Waals surface area contributed by atoms with Crippen molar-refractivity contribution in [2.24, 2.45) is 0 Å². The van der Waals surface area contributed by atoms with Gasteiger partial charge in [-0.3, -0.25) is 14.5 Å². The lowest BCUT2D eigenvalue weighted by molar-refractivity contribution is -0.117. The van der Waals surface area contributed by atoms with E-state index in [1.807, 2.05) is 6.92 Å². The quantitative estimate of drug-likeness (QED) is 0.218. The summed E-state index contributed by atoms with van der Waals surface area (Å²) in [5, 5.41) is 11.1. The molecule has 0 bridgehead atoms. The minimum Gasteiger partial charge on any atom is -0.503 e. The summed E-state index contributed by atoms with van der Waals surface area (Å²) in [6.45, 7) is 9.31. The molecule has 1 amide bonds. The van der Waals surface area contributed by atoms with Crippen LogP contribution >= 0.6 is 11.3 Å². The Hall–Kier alpha value is -4.38. The van der Waals surface area contributed by atoms with Crippen molar-refractivity contribution in [1.29, 1.82) is 0 Å². The molecule has 0 aliphatic carbocycles. The number of amides is 1. The van der Waals surface area contributed by atoms with Crippen LogP contribution in [0.15, 0.2) is 58.7 Å². The molecule has 1 aromatic carbocycles. The third-order valence-corrected chi connectivity index (χ3v) is 6.86. The van der Waals surface area contributed by atoms with E-state index in [2.05, 4.69) is 11.6 Å². The highest BCUT2D eigenvalue weighted by Crippen LogP contribution is 2.45. The molecule has 38 heavy (non-hydrogen) atoms. The lowest BCUT2D eigenvalue weighted by Gasteiger charge is -2.25. The maximum absolute atomic E-state index is 13.6. The maximum Gasteiger partial charge on any atom is 0.350 e. The first kappa shape index (κ1) is 26.7. The van der Waals surface area contributed by atoms with E-state index in [4.69, 9.17) is 18.6 Å². The second-order valence-electron chi connectivity index (χ2n) is 8.22. The lowest BCUT2D eigenvalue weighted by atomic mass is 9.95. The number of hydrogen-bond acceptors (Lipinski definition) is 10. The van der Waals surface area contributed by atoms with Gasteiger partial charge in [-0.2, -0.15) is 0 Å². The molecule has 1 unspecified atom stereocenters. The zero-order valence-corrected chi connectivity index (χ0v) is 22.1. The second kappa shape index (κ2) is 10.9.